The molecule has 27 heavy (non-hydrogen) atoms. The lowest BCUT2D eigenvalue weighted by molar-refractivity contribution is 1.15. The molecule has 3 heterocycles. The average Bonchev–Trinajstić information content (AvgIpc) is 3.07. The van der Waals surface area contributed by atoms with Crippen LogP contribution in [0.3, 0.4) is 0 Å². The summed E-state index contributed by atoms with van der Waals surface area (Å²) in [6.07, 6.45) is 1.80. The van der Waals surface area contributed by atoms with E-state index >= 15 is 0 Å². The predicted molar refractivity (Wildman–Crippen MR) is 112 cm³/mol. The van der Waals surface area contributed by atoms with E-state index in [1.165, 1.54) is 0 Å². The maximum Gasteiger partial charge on any atom is 0.165 e. The molecule has 5 rings (SSSR count). The molecular formula is C22H15BrN4. The normalized spacial score (nSPS) is 11.3. The summed E-state index contributed by atoms with van der Waals surface area (Å²) in [5.74, 6) is 0.882. The van der Waals surface area contributed by atoms with Crippen LogP contribution in [0.4, 0.5) is 0 Å². The highest BCUT2D eigenvalue weighted by molar-refractivity contribution is 9.10. The van der Waals surface area contributed by atoms with Crippen LogP contribution >= 0.6 is 15.9 Å². The van der Waals surface area contributed by atoms with Gasteiger partial charge in [0.2, 0.25) is 0 Å². The summed E-state index contributed by atoms with van der Waals surface area (Å²) in [5, 5.41) is 0. The Morgan fingerprint density at radius 3 is 2.37 bits per heavy atom. The number of rotatable bonds is 2. The van der Waals surface area contributed by atoms with Crippen LogP contribution in [0.25, 0.3) is 39.3 Å². The number of fused-ring (bicyclic) bond motifs is 3. The highest BCUT2D eigenvalue weighted by Gasteiger charge is 2.19. The van der Waals surface area contributed by atoms with E-state index in [0.29, 0.717) is 0 Å². The molecule has 0 atom stereocenters. The van der Waals surface area contributed by atoms with Crippen molar-refractivity contribution in [2.75, 3.05) is 0 Å². The molecule has 0 amide bonds. The van der Waals surface area contributed by atoms with Crippen LogP contribution in [0, 0.1) is 6.92 Å². The first-order valence-electron chi connectivity index (χ1n) is 8.67. The zero-order valence-electron chi connectivity index (χ0n) is 14.6. The van der Waals surface area contributed by atoms with Gasteiger partial charge in [-0.3, -0.25) is 4.40 Å². The number of benzene rings is 2. The molecule has 0 bridgehead atoms. The summed E-state index contributed by atoms with van der Waals surface area (Å²) in [4.78, 5) is 14.4. The monoisotopic (exact) mass is 414 g/mol. The summed E-state index contributed by atoms with van der Waals surface area (Å²) in [6, 6.07) is 22.3. The molecule has 4 nitrogen and oxygen atoms in total. The lowest BCUT2D eigenvalue weighted by atomic mass is 10.1. The van der Waals surface area contributed by atoms with Crippen LogP contribution in [-0.4, -0.2) is 19.4 Å². The number of hydrogen-bond donors (Lipinski definition) is 0. The minimum atomic E-state index is 0.813. The van der Waals surface area contributed by atoms with E-state index in [9.17, 15) is 0 Å². The highest BCUT2D eigenvalue weighted by atomic mass is 79.9. The number of nitrogens with zero attached hydrogens (tertiary/aromatic N) is 4. The molecule has 0 saturated carbocycles. The van der Waals surface area contributed by atoms with Crippen molar-refractivity contribution in [1.82, 2.24) is 19.4 Å². The highest BCUT2D eigenvalue weighted by Crippen LogP contribution is 2.32. The molecule has 5 aromatic rings. The van der Waals surface area contributed by atoms with Crippen LogP contribution in [0.2, 0.25) is 0 Å². The van der Waals surface area contributed by atoms with Gasteiger partial charge in [0, 0.05) is 21.8 Å². The van der Waals surface area contributed by atoms with Gasteiger partial charge in [0.15, 0.2) is 5.65 Å². The predicted octanol–water partition coefficient (Wildman–Crippen LogP) is 5.68. The van der Waals surface area contributed by atoms with E-state index in [4.69, 9.17) is 9.97 Å². The first-order valence-corrected chi connectivity index (χ1v) is 9.47. The Morgan fingerprint density at radius 2 is 1.59 bits per heavy atom. The quantitative estimate of drug-likeness (QED) is 0.373. The minimum absolute atomic E-state index is 0.813. The Morgan fingerprint density at radius 1 is 0.815 bits per heavy atom. The van der Waals surface area contributed by atoms with E-state index in [1.54, 1.807) is 6.20 Å². The van der Waals surface area contributed by atoms with Crippen molar-refractivity contribution in [3.63, 3.8) is 0 Å². The average molecular weight is 415 g/mol. The molecule has 0 spiro atoms. The van der Waals surface area contributed by atoms with Gasteiger partial charge >= 0.3 is 0 Å². The van der Waals surface area contributed by atoms with Crippen molar-refractivity contribution in [3.05, 3.63) is 83.1 Å². The van der Waals surface area contributed by atoms with Gasteiger partial charge in [0.25, 0.3) is 0 Å². The van der Waals surface area contributed by atoms with E-state index in [0.717, 1.165) is 49.5 Å². The lowest BCUT2D eigenvalue weighted by Crippen LogP contribution is -1.99. The second kappa shape index (κ2) is 6.28. The molecule has 3 aromatic heterocycles. The molecule has 2 aromatic carbocycles. The number of imidazole rings is 1. The van der Waals surface area contributed by atoms with Crippen molar-refractivity contribution in [2.45, 2.75) is 6.92 Å². The van der Waals surface area contributed by atoms with Gasteiger partial charge in [-0.15, -0.1) is 0 Å². The molecule has 0 unspecified atom stereocenters. The molecule has 0 aliphatic rings. The maximum absolute atomic E-state index is 4.93. The maximum atomic E-state index is 4.93. The van der Waals surface area contributed by atoms with Crippen LogP contribution in [0.5, 0.6) is 0 Å². The molecule has 0 aliphatic heterocycles. The Hall–Kier alpha value is -3.05. The smallest absolute Gasteiger partial charge is 0.165 e. The number of aryl methyl sites for hydroxylation is 1. The molecule has 130 valence electrons. The van der Waals surface area contributed by atoms with E-state index in [1.807, 2.05) is 49.4 Å². The summed E-state index contributed by atoms with van der Waals surface area (Å²) in [7, 11) is 0. The van der Waals surface area contributed by atoms with E-state index < -0.39 is 0 Å². The summed E-state index contributed by atoms with van der Waals surface area (Å²) >= 11 is 3.51. The van der Waals surface area contributed by atoms with Gasteiger partial charge in [0.1, 0.15) is 11.3 Å². The van der Waals surface area contributed by atoms with Crippen molar-refractivity contribution in [3.8, 4) is 22.6 Å². The lowest BCUT2D eigenvalue weighted by Gasteiger charge is -2.10. The van der Waals surface area contributed by atoms with Crippen molar-refractivity contribution in [2.24, 2.45) is 0 Å². The molecule has 0 N–H and O–H groups in total. The Balaban J connectivity index is 1.94. The summed E-state index contributed by atoms with van der Waals surface area (Å²) in [6.45, 7) is 2.03. The zero-order chi connectivity index (χ0) is 18.4. The second-order valence-electron chi connectivity index (χ2n) is 6.38. The third-order valence-electron chi connectivity index (χ3n) is 4.64. The van der Waals surface area contributed by atoms with Gasteiger partial charge < -0.3 is 0 Å². The van der Waals surface area contributed by atoms with Crippen LogP contribution in [-0.2, 0) is 0 Å². The van der Waals surface area contributed by atoms with Crippen molar-refractivity contribution < 1.29 is 0 Å². The number of halogens is 1. The molecule has 0 saturated heterocycles. The van der Waals surface area contributed by atoms with E-state index in [-0.39, 0.29) is 0 Å². The van der Waals surface area contributed by atoms with Crippen molar-refractivity contribution in [1.29, 1.82) is 0 Å². The fraction of sp³-hybridized carbons (Fsp3) is 0.0455. The van der Waals surface area contributed by atoms with Crippen LogP contribution in [0.15, 0.2) is 77.4 Å². The molecule has 0 aliphatic carbocycles. The molecule has 0 radical (unpaired) electrons. The fourth-order valence-corrected chi connectivity index (χ4v) is 3.69. The standard InChI is InChI=1S/C22H15BrN4/c1-14-20-19(15-9-11-17(23)12-10-15)26-18-8-5-13-24-22(18)27(20)21(25-14)16-6-3-2-4-7-16/h2-13H,1H3. The summed E-state index contributed by atoms with van der Waals surface area (Å²) in [5.41, 5.74) is 6.60. The van der Waals surface area contributed by atoms with Crippen LogP contribution in [0.1, 0.15) is 5.69 Å². The van der Waals surface area contributed by atoms with Gasteiger partial charge in [0.05, 0.1) is 16.9 Å². The first-order chi connectivity index (χ1) is 13.2. The van der Waals surface area contributed by atoms with Crippen molar-refractivity contribution >= 4 is 32.6 Å². The topological polar surface area (TPSA) is 43.1 Å². The Labute approximate surface area is 164 Å². The first kappa shape index (κ1) is 16.1. The molecule has 0 fully saturated rings. The molecule has 5 heteroatoms. The molecular weight excluding hydrogens is 400 g/mol. The third-order valence-corrected chi connectivity index (χ3v) is 5.16. The zero-order valence-corrected chi connectivity index (χ0v) is 16.2. The van der Waals surface area contributed by atoms with Gasteiger partial charge in [-0.2, -0.15) is 0 Å². The number of hydrogen-bond acceptors (Lipinski definition) is 3. The minimum Gasteiger partial charge on any atom is -0.273 e. The van der Waals surface area contributed by atoms with Crippen LogP contribution < -0.4 is 0 Å². The SMILES string of the molecule is Cc1nc(-c2ccccc2)n2c1c(-c1ccc(Br)cc1)nc1cccnc12. The fourth-order valence-electron chi connectivity index (χ4n) is 3.42. The van der Waals surface area contributed by atoms with E-state index in [2.05, 4.69) is 49.6 Å². The van der Waals surface area contributed by atoms with Gasteiger partial charge in [-0.1, -0.05) is 58.4 Å². The van der Waals surface area contributed by atoms with Gasteiger partial charge in [-0.05, 0) is 31.2 Å². The number of aromatic nitrogens is 4. The largest absolute Gasteiger partial charge is 0.273 e. The Kier molecular flexibility index (Phi) is 3.76. The second-order valence-corrected chi connectivity index (χ2v) is 7.30. The Bertz CT molecular complexity index is 1270. The summed E-state index contributed by atoms with van der Waals surface area (Å²) < 4.78 is 3.17. The third kappa shape index (κ3) is 2.62. The number of pyridine rings is 1. The van der Waals surface area contributed by atoms with Gasteiger partial charge in [-0.25, -0.2) is 15.0 Å².